The van der Waals surface area contributed by atoms with E-state index in [0.29, 0.717) is 0 Å². The Morgan fingerprint density at radius 3 is 2.76 bits per heavy atom. The number of nitrogens with one attached hydrogen (secondary N) is 1. The largest absolute Gasteiger partial charge is 0.335 e. The van der Waals surface area contributed by atoms with Crippen LogP contribution in [0.15, 0.2) is 65.6 Å². The van der Waals surface area contributed by atoms with Crippen LogP contribution in [0.2, 0.25) is 0 Å². The Labute approximate surface area is 144 Å². The highest BCUT2D eigenvalue weighted by Crippen LogP contribution is 2.24. The summed E-state index contributed by atoms with van der Waals surface area (Å²) < 4.78 is 3.64. The van der Waals surface area contributed by atoms with Crippen LogP contribution in [-0.2, 0) is 0 Å². The molecule has 1 atom stereocenters. The van der Waals surface area contributed by atoms with Gasteiger partial charge < -0.3 is 5.32 Å². The summed E-state index contributed by atoms with van der Waals surface area (Å²) in [5.74, 6) is 0. The molecule has 4 aromatic rings. The van der Waals surface area contributed by atoms with Crippen LogP contribution >= 0.6 is 0 Å². The molecular formula is C20H18N4O. The Morgan fingerprint density at radius 1 is 1.04 bits per heavy atom. The zero-order valence-electron chi connectivity index (χ0n) is 13.7. The van der Waals surface area contributed by atoms with Gasteiger partial charge in [-0.3, -0.25) is 9.13 Å². The van der Waals surface area contributed by atoms with E-state index < -0.39 is 0 Å². The maximum Gasteiger partial charge on any atom is 0.335 e. The van der Waals surface area contributed by atoms with E-state index in [1.54, 1.807) is 10.8 Å². The predicted octanol–water partition coefficient (Wildman–Crippen LogP) is 2.87. The molecule has 0 aliphatic carbocycles. The van der Waals surface area contributed by atoms with E-state index in [1.165, 1.54) is 5.39 Å². The van der Waals surface area contributed by atoms with E-state index in [0.717, 1.165) is 41.7 Å². The topological polar surface area (TPSA) is 51.9 Å². The van der Waals surface area contributed by atoms with Gasteiger partial charge in [-0.15, -0.1) is 0 Å². The SMILES string of the molecule is O=c1n(-c2ccc3ccccc3c2)c2cccnc2n1[C@H]1CCNC1. The van der Waals surface area contributed by atoms with E-state index >= 15 is 0 Å². The van der Waals surface area contributed by atoms with Crippen LogP contribution in [0.5, 0.6) is 0 Å². The minimum Gasteiger partial charge on any atom is -0.315 e. The fourth-order valence-electron chi connectivity index (χ4n) is 3.80. The van der Waals surface area contributed by atoms with Crippen molar-refractivity contribution in [2.45, 2.75) is 12.5 Å². The molecule has 25 heavy (non-hydrogen) atoms. The van der Waals surface area contributed by atoms with E-state index in [-0.39, 0.29) is 11.7 Å². The van der Waals surface area contributed by atoms with Crippen molar-refractivity contribution in [3.05, 3.63) is 71.3 Å². The molecule has 2 aromatic carbocycles. The van der Waals surface area contributed by atoms with Crippen molar-refractivity contribution in [3.63, 3.8) is 0 Å². The molecule has 5 heteroatoms. The maximum atomic E-state index is 13.3. The summed E-state index contributed by atoms with van der Waals surface area (Å²) >= 11 is 0. The molecule has 0 bridgehead atoms. The Bertz CT molecular complexity index is 1140. The molecular weight excluding hydrogens is 312 g/mol. The van der Waals surface area contributed by atoms with E-state index in [4.69, 9.17) is 0 Å². The smallest absolute Gasteiger partial charge is 0.315 e. The van der Waals surface area contributed by atoms with E-state index in [2.05, 4.69) is 34.6 Å². The lowest BCUT2D eigenvalue weighted by atomic mass is 10.1. The van der Waals surface area contributed by atoms with Crippen LogP contribution in [0.1, 0.15) is 12.5 Å². The summed E-state index contributed by atoms with van der Waals surface area (Å²) in [7, 11) is 0. The number of hydrogen-bond donors (Lipinski definition) is 1. The van der Waals surface area contributed by atoms with Gasteiger partial charge in [0.15, 0.2) is 5.65 Å². The van der Waals surface area contributed by atoms with Gasteiger partial charge in [-0.2, -0.15) is 0 Å². The Balaban J connectivity index is 1.80. The van der Waals surface area contributed by atoms with Gasteiger partial charge in [0.25, 0.3) is 0 Å². The Hall–Kier alpha value is -2.92. The van der Waals surface area contributed by atoms with Crippen molar-refractivity contribution < 1.29 is 0 Å². The molecule has 0 amide bonds. The van der Waals surface area contributed by atoms with Crippen molar-refractivity contribution >= 4 is 21.9 Å². The van der Waals surface area contributed by atoms with Gasteiger partial charge in [0.2, 0.25) is 0 Å². The molecule has 5 rings (SSSR count). The lowest BCUT2D eigenvalue weighted by molar-refractivity contribution is 0.537. The van der Waals surface area contributed by atoms with Crippen molar-refractivity contribution in [3.8, 4) is 5.69 Å². The van der Waals surface area contributed by atoms with Crippen molar-refractivity contribution in [1.29, 1.82) is 0 Å². The van der Waals surface area contributed by atoms with Crippen LogP contribution in [-0.4, -0.2) is 27.2 Å². The predicted molar refractivity (Wildman–Crippen MR) is 99.4 cm³/mol. The summed E-state index contributed by atoms with van der Waals surface area (Å²) in [6.07, 6.45) is 2.71. The normalized spacial score (nSPS) is 17.5. The van der Waals surface area contributed by atoms with Crippen molar-refractivity contribution in [1.82, 2.24) is 19.4 Å². The fraction of sp³-hybridized carbons (Fsp3) is 0.200. The average Bonchev–Trinajstić information content (AvgIpc) is 3.26. The molecule has 0 spiro atoms. The molecule has 0 saturated carbocycles. The van der Waals surface area contributed by atoms with Crippen LogP contribution in [0, 0.1) is 0 Å². The number of benzene rings is 2. The Kier molecular flexibility index (Phi) is 3.21. The number of hydrogen-bond acceptors (Lipinski definition) is 3. The van der Waals surface area contributed by atoms with Gasteiger partial charge >= 0.3 is 5.69 Å². The van der Waals surface area contributed by atoms with Gasteiger partial charge in [0.1, 0.15) is 0 Å². The molecule has 1 aliphatic rings. The maximum absolute atomic E-state index is 13.3. The molecule has 0 unspecified atom stereocenters. The minimum absolute atomic E-state index is 0.0160. The third-order valence-corrected chi connectivity index (χ3v) is 5.02. The monoisotopic (exact) mass is 330 g/mol. The first kappa shape index (κ1) is 14.4. The number of fused-ring (bicyclic) bond motifs is 2. The van der Waals surface area contributed by atoms with Crippen LogP contribution < -0.4 is 11.0 Å². The summed E-state index contributed by atoms with van der Waals surface area (Å²) in [6.45, 7) is 1.75. The lowest BCUT2D eigenvalue weighted by Gasteiger charge is -2.09. The lowest BCUT2D eigenvalue weighted by Crippen LogP contribution is -2.28. The third kappa shape index (κ3) is 2.20. The van der Waals surface area contributed by atoms with Gasteiger partial charge in [-0.05, 0) is 48.0 Å². The summed E-state index contributed by atoms with van der Waals surface area (Å²) in [4.78, 5) is 17.8. The summed E-state index contributed by atoms with van der Waals surface area (Å²) in [5, 5.41) is 5.63. The first-order valence-electron chi connectivity index (χ1n) is 8.61. The summed E-state index contributed by atoms with van der Waals surface area (Å²) in [6, 6.07) is 18.3. The highest BCUT2D eigenvalue weighted by atomic mass is 16.1. The zero-order chi connectivity index (χ0) is 16.8. The number of imidazole rings is 1. The molecule has 2 aromatic heterocycles. The van der Waals surface area contributed by atoms with Gasteiger partial charge in [0.05, 0.1) is 17.2 Å². The average molecular weight is 330 g/mol. The standard InChI is InChI=1S/C20H18N4O/c25-20-23(16-8-7-14-4-1-2-5-15(14)12-16)18-6-3-10-22-19(18)24(20)17-9-11-21-13-17/h1-8,10,12,17,21H,9,11,13H2/t17-/m0/s1. The molecule has 0 radical (unpaired) electrons. The number of pyridine rings is 1. The number of nitrogens with zero attached hydrogens (tertiary/aromatic N) is 3. The van der Waals surface area contributed by atoms with Crippen LogP contribution in [0.25, 0.3) is 27.6 Å². The Morgan fingerprint density at radius 2 is 1.92 bits per heavy atom. The second-order valence-corrected chi connectivity index (χ2v) is 6.51. The second kappa shape index (κ2) is 5.57. The molecule has 3 heterocycles. The molecule has 1 aliphatic heterocycles. The van der Waals surface area contributed by atoms with Crippen LogP contribution in [0.4, 0.5) is 0 Å². The van der Waals surface area contributed by atoms with E-state index in [1.807, 2.05) is 34.9 Å². The molecule has 124 valence electrons. The third-order valence-electron chi connectivity index (χ3n) is 5.02. The number of rotatable bonds is 2. The highest BCUT2D eigenvalue weighted by molar-refractivity contribution is 5.85. The van der Waals surface area contributed by atoms with Gasteiger partial charge in [0, 0.05) is 12.7 Å². The second-order valence-electron chi connectivity index (χ2n) is 6.51. The molecule has 1 saturated heterocycles. The van der Waals surface area contributed by atoms with Gasteiger partial charge in [-0.1, -0.05) is 30.3 Å². The minimum atomic E-state index is -0.0160. The first-order chi connectivity index (χ1) is 12.3. The highest BCUT2D eigenvalue weighted by Gasteiger charge is 2.24. The zero-order valence-corrected chi connectivity index (χ0v) is 13.7. The fourth-order valence-corrected chi connectivity index (χ4v) is 3.80. The molecule has 5 nitrogen and oxygen atoms in total. The van der Waals surface area contributed by atoms with Gasteiger partial charge in [-0.25, -0.2) is 9.78 Å². The quantitative estimate of drug-likeness (QED) is 0.615. The van der Waals surface area contributed by atoms with Crippen molar-refractivity contribution in [2.75, 3.05) is 13.1 Å². The summed E-state index contributed by atoms with van der Waals surface area (Å²) in [5.41, 5.74) is 2.48. The van der Waals surface area contributed by atoms with E-state index in [9.17, 15) is 4.79 Å². The molecule has 1 N–H and O–H groups in total. The molecule has 1 fully saturated rings. The number of aromatic nitrogens is 3. The first-order valence-corrected chi connectivity index (χ1v) is 8.61. The van der Waals surface area contributed by atoms with Crippen molar-refractivity contribution in [2.24, 2.45) is 0 Å². The van der Waals surface area contributed by atoms with Crippen LogP contribution in [0.3, 0.4) is 0 Å².